The summed E-state index contributed by atoms with van der Waals surface area (Å²) in [5, 5.41) is 3.47. The summed E-state index contributed by atoms with van der Waals surface area (Å²) in [6, 6.07) is 10.6. The first-order chi connectivity index (χ1) is 13.8. The maximum atomic E-state index is 5.67. The number of aromatic nitrogens is 2. The van der Waals surface area contributed by atoms with Crippen LogP contribution in [0.4, 0.5) is 0 Å². The van der Waals surface area contributed by atoms with Crippen molar-refractivity contribution in [3.05, 3.63) is 54.1 Å². The summed E-state index contributed by atoms with van der Waals surface area (Å²) in [4.78, 5) is 11.9. The van der Waals surface area contributed by atoms with Crippen molar-refractivity contribution < 1.29 is 4.74 Å². The number of likely N-dealkylation sites (tertiary alicyclic amines) is 1. The zero-order valence-corrected chi connectivity index (χ0v) is 19.5. The van der Waals surface area contributed by atoms with Crippen molar-refractivity contribution in [3.63, 3.8) is 0 Å². The molecule has 158 valence electrons. The average molecular weight is 509 g/mol. The smallest absolute Gasteiger partial charge is 0.194 e. The minimum Gasteiger partial charge on any atom is -0.381 e. The Morgan fingerprint density at radius 2 is 2.14 bits per heavy atom. The van der Waals surface area contributed by atoms with E-state index in [2.05, 4.69) is 63.2 Å². The molecule has 2 aliphatic heterocycles. The van der Waals surface area contributed by atoms with Crippen LogP contribution in [0.15, 0.2) is 47.7 Å². The SMILES string of the molecule is CCNC(=NCc1nccn1CCc1ccccc1)N1CCC2(CCOC2)C1.I. The second-order valence-corrected chi connectivity index (χ2v) is 7.92. The Hall–Kier alpha value is -1.61. The molecule has 7 heteroatoms. The molecule has 0 radical (unpaired) electrons. The number of halogens is 1. The number of guanidine groups is 1. The minimum atomic E-state index is 0. The molecule has 1 N–H and O–H groups in total. The minimum absolute atomic E-state index is 0. The van der Waals surface area contributed by atoms with Crippen LogP contribution in [-0.2, 0) is 24.2 Å². The van der Waals surface area contributed by atoms with E-state index >= 15 is 0 Å². The van der Waals surface area contributed by atoms with Crippen LogP contribution in [0, 0.1) is 5.41 Å². The maximum Gasteiger partial charge on any atom is 0.194 e. The Kier molecular flexibility index (Phi) is 7.94. The quantitative estimate of drug-likeness (QED) is 0.369. The van der Waals surface area contributed by atoms with E-state index in [-0.39, 0.29) is 24.0 Å². The van der Waals surface area contributed by atoms with Gasteiger partial charge < -0.3 is 19.5 Å². The molecule has 0 bridgehead atoms. The van der Waals surface area contributed by atoms with Gasteiger partial charge in [-0.3, -0.25) is 0 Å². The Bertz CT molecular complexity index is 786. The normalized spacial score (nSPS) is 21.6. The van der Waals surface area contributed by atoms with Gasteiger partial charge in [0.1, 0.15) is 12.4 Å². The molecule has 2 aliphatic rings. The van der Waals surface area contributed by atoms with Crippen LogP contribution in [0.3, 0.4) is 0 Å². The highest BCUT2D eigenvalue weighted by Gasteiger charge is 2.42. The van der Waals surface area contributed by atoms with Crippen molar-refractivity contribution in [2.45, 2.75) is 39.3 Å². The number of aliphatic imine (C=N–C) groups is 1. The fourth-order valence-electron chi connectivity index (χ4n) is 4.25. The molecule has 1 unspecified atom stereocenters. The highest BCUT2D eigenvalue weighted by molar-refractivity contribution is 14.0. The summed E-state index contributed by atoms with van der Waals surface area (Å²) in [5.74, 6) is 2.02. The van der Waals surface area contributed by atoms with Gasteiger partial charge in [0.2, 0.25) is 0 Å². The van der Waals surface area contributed by atoms with Crippen molar-refractivity contribution in [1.82, 2.24) is 19.8 Å². The molecule has 6 nitrogen and oxygen atoms in total. The number of nitrogens with one attached hydrogen (secondary N) is 1. The second kappa shape index (κ2) is 10.4. The lowest BCUT2D eigenvalue weighted by atomic mass is 9.87. The molecule has 3 heterocycles. The van der Waals surface area contributed by atoms with Crippen LogP contribution in [0.25, 0.3) is 0 Å². The van der Waals surface area contributed by atoms with E-state index in [9.17, 15) is 0 Å². The molecule has 1 spiro atoms. The largest absolute Gasteiger partial charge is 0.381 e. The van der Waals surface area contributed by atoms with Crippen LogP contribution in [0.1, 0.15) is 31.2 Å². The first-order valence-electron chi connectivity index (χ1n) is 10.4. The molecule has 2 saturated heterocycles. The van der Waals surface area contributed by atoms with Gasteiger partial charge in [0.25, 0.3) is 0 Å². The zero-order chi connectivity index (χ0) is 19.2. The molecule has 1 aromatic carbocycles. The Balaban J connectivity index is 0.00000240. The standard InChI is InChI=1S/C22H31N5O.HI/c1-2-23-21(27-13-9-22(17-27)10-15-28-18-22)25-16-20-24-11-14-26(20)12-8-19-6-4-3-5-7-19;/h3-7,11,14H,2,8-10,12-13,15-18H2,1H3,(H,23,25);1H. The van der Waals surface area contributed by atoms with Gasteiger partial charge in [0, 0.05) is 50.6 Å². The van der Waals surface area contributed by atoms with Crippen molar-refractivity contribution >= 4 is 29.9 Å². The van der Waals surface area contributed by atoms with Crippen molar-refractivity contribution in [1.29, 1.82) is 0 Å². The van der Waals surface area contributed by atoms with Gasteiger partial charge in [-0.05, 0) is 31.7 Å². The lowest BCUT2D eigenvalue weighted by Crippen LogP contribution is -2.41. The number of benzene rings is 1. The monoisotopic (exact) mass is 509 g/mol. The molecular formula is C22H32IN5O. The molecule has 29 heavy (non-hydrogen) atoms. The van der Waals surface area contributed by atoms with Crippen molar-refractivity contribution in [2.75, 3.05) is 32.8 Å². The number of aryl methyl sites for hydroxylation is 2. The van der Waals surface area contributed by atoms with Gasteiger partial charge in [-0.25, -0.2) is 9.98 Å². The summed E-state index contributed by atoms with van der Waals surface area (Å²) in [6.07, 6.45) is 7.31. The van der Waals surface area contributed by atoms with Gasteiger partial charge in [0.15, 0.2) is 5.96 Å². The van der Waals surface area contributed by atoms with E-state index in [0.29, 0.717) is 12.0 Å². The van der Waals surface area contributed by atoms with Crippen LogP contribution in [0.5, 0.6) is 0 Å². The average Bonchev–Trinajstić information content (AvgIpc) is 3.47. The number of hydrogen-bond acceptors (Lipinski definition) is 3. The van der Waals surface area contributed by atoms with Crippen molar-refractivity contribution in [2.24, 2.45) is 10.4 Å². The molecule has 1 atom stereocenters. The highest BCUT2D eigenvalue weighted by Crippen LogP contribution is 2.38. The Morgan fingerprint density at radius 1 is 1.28 bits per heavy atom. The summed E-state index contributed by atoms with van der Waals surface area (Å²) in [7, 11) is 0. The van der Waals surface area contributed by atoms with Crippen LogP contribution < -0.4 is 5.32 Å². The summed E-state index contributed by atoms with van der Waals surface area (Å²) >= 11 is 0. The third kappa shape index (κ3) is 5.51. The Morgan fingerprint density at radius 3 is 2.90 bits per heavy atom. The van der Waals surface area contributed by atoms with E-state index in [1.54, 1.807) is 0 Å². The summed E-state index contributed by atoms with van der Waals surface area (Å²) in [6.45, 7) is 8.42. The second-order valence-electron chi connectivity index (χ2n) is 7.92. The third-order valence-electron chi connectivity index (χ3n) is 5.91. The van der Waals surface area contributed by atoms with E-state index in [1.165, 1.54) is 18.4 Å². The van der Waals surface area contributed by atoms with E-state index in [1.807, 2.05) is 6.20 Å². The molecule has 1 aromatic heterocycles. The first-order valence-corrected chi connectivity index (χ1v) is 10.4. The van der Waals surface area contributed by atoms with E-state index in [0.717, 1.165) is 57.6 Å². The van der Waals surface area contributed by atoms with Crippen LogP contribution >= 0.6 is 24.0 Å². The first kappa shape index (κ1) is 22.1. The van der Waals surface area contributed by atoms with Gasteiger partial charge >= 0.3 is 0 Å². The lowest BCUT2D eigenvalue weighted by Gasteiger charge is -2.25. The number of ether oxygens (including phenoxy) is 1. The zero-order valence-electron chi connectivity index (χ0n) is 17.2. The molecule has 0 aliphatic carbocycles. The van der Waals surface area contributed by atoms with Crippen LogP contribution in [-0.4, -0.2) is 53.3 Å². The summed E-state index contributed by atoms with van der Waals surface area (Å²) < 4.78 is 7.89. The Labute approximate surface area is 190 Å². The van der Waals surface area contributed by atoms with Gasteiger partial charge in [-0.15, -0.1) is 24.0 Å². The molecule has 0 saturated carbocycles. The predicted octanol–water partition coefficient (Wildman–Crippen LogP) is 3.32. The molecular weight excluding hydrogens is 477 g/mol. The molecule has 0 amide bonds. The van der Waals surface area contributed by atoms with E-state index in [4.69, 9.17) is 9.73 Å². The van der Waals surface area contributed by atoms with Gasteiger partial charge in [-0.2, -0.15) is 0 Å². The predicted molar refractivity (Wildman–Crippen MR) is 127 cm³/mol. The van der Waals surface area contributed by atoms with Crippen molar-refractivity contribution in [3.8, 4) is 0 Å². The topological polar surface area (TPSA) is 54.7 Å². The summed E-state index contributed by atoms with van der Waals surface area (Å²) in [5.41, 5.74) is 1.68. The number of nitrogens with zero attached hydrogens (tertiary/aromatic N) is 4. The van der Waals surface area contributed by atoms with Gasteiger partial charge in [-0.1, -0.05) is 30.3 Å². The molecule has 2 fully saturated rings. The lowest BCUT2D eigenvalue weighted by molar-refractivity contribution is 0.156. The van der Waals surface area contributed by atoms with Crippen LogP contribution in [0.2, 0.25) is 0 Å². The molecule has 4 rings (SSSR count). The van der Waals surface area contributed by atoms with E-state index < -0.39 is 0 Å². The molecule has 2 aromatic rings. The number of imidazole rings is 1. The highest BCUT2D eigenvalue weighted by atomic mass is 127. The fourth-order valence-corrected chi connectivity index (χ4v) is 4.25. The fraction of sp³-hybridized carbons (Fsp3) is 0.545. The number of rotatable bonds is 6. The maximum absolute atomic E-state index is 5.67. The third-order valence-corrected chi connectivity index (χ3v) is 5.91. The number of hydrogen-bond donors (Lipinski definition) is 1. The van der Waals surface area contributed by atoms with Gasteiger partial charge in [0.05, 0.1) is 6.61 Å².